The Balaban J connectivity index is 1.67. The zero-order valence-electron chi connectivity index (χ0n) is 14.4. The number of hydrogen-bond donors (Lipinski definition) is 0. The Bertz CT molecular complexity index is 920. The normalized spacial score (nSPS) is 16.4. The molecule has 1 aliphatic rings. The summed E-state index contributed by atoms with van der Waals surface area (Å²) in [5, 5.41) is 4.10. The Labute approximate surface area is 147 Å². The van der Waals surface area contributed by atoms with Crippen molar-refractivity contribution in [2.45, 2.75) is 19.9 Å². The van der Waals surface area contributed by atoms with Crippen LogP contribution in [-0.2, 0) is 0 Å². The fourth-order valence-electron chi connectivity index (χ4n) is 3.11. The second kappa shape index (κ2) is 6.44. The summed E-state index contributed by atoms with van der Waals surface area (Å²) in [6, 6.07) is 19.2. The summed E-state index contributed by atoms with van der Waals surface area (Å²) in [7, 11) is 0. The molecule has 25 heavy (non-hydrogen) atoms. The third kappa shape index (κ3) is 2.89. The first kappa shape index (κ1) is 15.5. The first-order valence-corrected chi connectivity index (χ1v) is 8.45. The average Bonchev–Trinajstić information content (AvgIpc) is 3.01. The Hall–Kier alpha value is -3.07. The molecule has 3 nitrogen and oxygen atoms in total. The first-order valence-electron chi connectivity index (χ1n) is 8.45. The topological polar surface area (TPSA) is 29.3 Å². The lowest BCUT2D eigenvalue weighted by atomic mass is 9.98. The Kier molecular flexibility index (Phi) is 3.98. The molecule has 3 aromatic rings. The van der Waals surface area contributed by atoms with Gasteiger partial charge in [-0.25, -0.2) is 0 Å². The molecule has 2 heterocycles. The molecular formula is C22H20N2O. The Morgan fingerprint density at radius 1 is 0.880 bits per heavy atom. The number of rotatable bonds is 3. The van der Waals surface area contributed by atoms with E-state index in [-0.39, 0.29) is 6.04 Å². The van der Waals surface area contributed by atoms with E-state index in [4.69, 9.17) is 4.52 Å². The van der Waals surface area contributed by atoms with Gasteiger partial charge in [-0.3, -0.25) is 0 Å². The molecule has 0 saturated heterocycles. The van der Waals surface area contributed by atoms with Gasteiger partial charge in [-0.1, -0.05) is 71.9 Å². The second-order valence-electron chi connectivity index (χ2n) is 6.26. The summed E-state index contributed by atoms with van der Waals surface area (Å²) < 4.78 is 5.57. The van der Waals surface area contributed by atoms with Crippen molar-refractivity contribution in [2.24, 2.45) is 0 Å². The van der Waals surface area contributed by atoms with E-state index in [1.807, 2.05) is 32.2 Å². The molecule has 0 aliphatic carbocycles. The highest BCUT2D eigenvalue weighted by Crippen LogP contribution is 2.34. The van der Waals surface area contributed by atoms with Crippen LogP contribution in [0.15, 0.2) is 83.5 Å². The van der Waals surface area contributed by atoms with Gasteiger partial charge < -0.3 is 9.42 Å². The minimum Gasteiger partial charge on any atom is -0.338 e. The molecule has 124 valence electrons. The zero-order chi connectivity index (χ0) is 17.2. The summed E-state index contributed by atoms with van der Waals surface area (Å²) in [4.78, 5) is 2.13. The fourth-order valence-corrected chi connectivity index (χ4v) is 3.11. The average molecular weight is 328 g/mol. The van der Waals surface area contributed by atoms with Gasteiger partial charge in [0, 0.05) is 11.8 Å². The Morgan fingerprint density at radius 2 is 1.60 bits per heavy atom. The minimum atomic E-state index is 0.0980. The fraction of sp³-hybridized carbons (Fsp3) is 0.136. The molecule has 1 aliphatic heterocycles. The van der Waals surface area contributed by atoms with Crippen LogP contribution in [0, 0.1) is 13.8 Å². The standard InChI is InChI=1S/C22H20N2O/c1-16-17(2)23-25-22(16)24-15-7-6-10-21(24)20-13-11-19(12-14-20)18-8-4-3-5-9-18/h3-15,21H,1-2H3. The van der Waals surface area contributed by atoms with Gasteiger partial charge in [-0.15, -0.1) is 0 Å². The molecule has 1 unspecified atom stereocenters. The molecule has 0 bridgehead atoms. The van der Waals surface area contributed by atoms with Gasteiger partial charge in [-0.05, 0) is 36.6 Å². The molecular weight excluding hydrogens is 308 g/mol. The summed E-state index contributed by atoms with van der Waals surface area (Å²) in [5.74, 6) is 0.801. The highest BCUT2D eigenvalue weighted by atomic mass is 16.5. The highest BCUT2D eigenvalue weighted by molar-refractivity contribution is 5.64. The molecule has 0 amide bonds. The molecule has 0 N–H and O–H groups in total. The van der Waals surface area contributed by atoms with E-state index in [0.29, 0.717) is 0 Å². The molecule has 0 fully saturated rings. The molecule has 1 atom stereocenters. The molecule has 0 saturated carbocycles. The lowest BCUT2D eigenvalue weighted by Gasteiger charge is -2.28. The maximum atomic E-state index is 5.57. The molecule has 1 aromatic heterocycles. The van der Waals surface area contributed by atoms with E-state index >= 15 is 0 Å². The van der Waals surface area contributed by atoms with Crippen molar-refractivity contribution in [3.8, 4) is 11.1 Å². The van der Waals surface area contributed by atoms with Gasteiger partial charge >= 0.3 is 0 Å². The predicted molar refractivity (Wildman–Crippen MR) is 101 cm³/mol. The van der Waals surface area contributed by atoms with Gasteiger partial charge in [0.05, 0.1) is 11.7 Å². The number of hydrogen-bond acceptors (Lipinski definition) is 3. The van der Waals surface area contributed by atoms with Gasteiger partial charge in [0.25, 0.3) is 0 Å². The van der Waals surface area contributed by atoms with Crippen LogP contribution >= 0.6 is 0 Å². The van der Waals surface area contributed by atoms with Gasteiger partial charge in [0.2, 0.25) is 5.88 Å². The number of allylic oxidation sites excluding steroid dienone is 2. The Morgan fingerprint density at radius 3 is 2.28 bits per heavy atom. The third-order valence-electron chi connectivity index (χ3n) is 4.68. The number of anilines is 1. The van der Waals surface area contributed by atoms with Crippen molar-refractivity contribution >= 4 is 5.88 Å². The summed E-state index contributed by atoms with van der Waals surface area (Å²) >= 11 is 0. The summed E-state index contributed by atoms with van der Waals surface area (Å²) in [6.45, 7) is 4.01. The van der Waals surface area contributed by atoms with E-state index in [1.54, 1.807) is 0 Å². The van der Waals surface area contributed by atoms with Crippen LogP contribution in [0.2, 0.25) is 0 Å². The zero-order valence-corrected chi connectivity index (χ0v) is 14.4. The molecule has 0 radical (unpaired) electrons. The number of aromatic nitrogens is 1. The van der Waals surface area contributed by atoms with E-state index in [1.165, 1.54) is 16.7 Å². The lowest BCUT2D eigenvalue weighted by Crippen LogP contribution is -2.23. The van der Waals surface area contributed by atoms with Gasteiger partial charge in [0.1, 0.15) is 0 Å². The number of nitrogens with zero attached hydrogens (tertiary/aromatic N) is 2. The van der Waals surface area contributed by atoms with Crippen LogP contribution in [0.4, 0.5) is 5.88 Å². The van der Waals surface area contributed by atoms with Crippen LogP contribution in [0.25, 0.3) is 11.1 Å². The lowest BCUT2D eigenvalue weighted by molar-refractivity contribution is 0.413. The van der Waals surface area contributed by atoms with Crippen LogP contribution < -0.4 is 4.90 Å². The van der Waals surface area contributed by atoms with Crippen molar-refractivity contribution < 1.29 is 4.52 Å². The SMILES string of the molecule is Cc1noc(N2C=CC=CC2c2ccc(-c3ccccc3)cc2)c1C. The largest absolute Gasteiger partial charge is 0.338 e. The van der Waals surface area contributed by atoms with E-state index in [9.17, 15) is 0 Å². The monoisotopic (exact) mass is 328 g/mol. The molecule has 2 aromatic carbocycles. The predicted octanol–water partition coefficient (Wildman–Crippen LogP) is 5.59. The quantitative estimate of drug-likeness (QED) is 0.627. The van der Waals surface area contributed by atoms with Crippen LogP contribution in [-0.4, -0.2) is 5.16 Å². The van der Waals surface area contributed by atoms with Crippen LogP contribution in [0.1, 0.15) is 22.9 Å². The second-order valence-corrected chi connectivity index (χ2v) is 6.26. The first-order chi connectivity index (χ1) is 12.2. The van der Waals surface area contributed by atoms with Crippen molar-refractivity contribution in [1.82, 2.24) is 5.16 Å². The summed E-state index contributed by atoms with van der Waals surface area (Å²) in [5.41, 5.74) is 5.67. The number of benzene rings is 2. The smallest absolute Gasteiger partial charge is 0.235 e. The summed E-state index contributed by atoms with van der Waals surface area (Å²) in [6.07, 6.45) is 8.31. The maximum Gasteiger partial charge on any atom is 0.235 e. The molecule has 3 heteroatoms. The van der Waals surface area contributed by atoms with Crippen LogP contribution in [0.3, 0.4) is 0 Å². The molecule has 0 spiro atoms. The van der Waals surface area contributed by atoms with Crippen molar-refractivity contribution in [1.29, 1.82) is 0 Å². The van der Waals surface area contributed by atoms with Crippen molar-refractivity contribution in [3.63, 3.8) is 0 Å². The minimum absolute atomic E-state index is 0.0980. The molecule has 4 rings (SSSR count). The van der Waals surface area contributed by atoms with E-state index in [0.717, 1.165) is 17.1 Å². The van der Waals surface area contributed by atoms with Gasteiger partial charge in [-0.2, -0.15) is 0 Å². The van der Waals surface area contributed by atoms with Crippen molar-refractivity contribution in [3.05, 3.63) is 95.8 Å². The third-order valence-corrected chi connectivity index (χ3v) is 4.68. The number of aryl methyl sites for hydroxylation is 1. The highest BCUT2D eigenvalue weighted by Gasteiger charge is 2.24. The van der Waals surface area contributed by atoms with Crippen molar-refractivity contribution in [2.75, 3.05) is 4.90 Å². The van der Waals surface area contributed by atoms with Crippen LogP contribution in [0.5, 0.6) is 0 Å². The van der Waals surface area contributed by atoms with Gasteiger partial charge in [0.15, 0.2) is 0 Å². The van der Waals surface area contributed by atoms with E-state index in [2.05, 4.69) is 70.7 Å². The van der Waals surface area contributed by atoms with E-state index < -0.39 is 0 Å². The maximum absolute atomic E-state index is 5.57.